The van der Waals surface area contributed by atoms with Gasteiger partial charge >= 0.3 is 59.1 Å². The minimum Gasteiger partial charge on any atom is -0.744 e. The zero-order valence-corrected chi connectivity index (χ0v) is 36.2. The molecule has 0 radical (unpaired) electrons. The van der Waals surface area contributed by atoms with E-state index in [1.165, 1.54) is 24.3 Å². The van der Waals surface area contributed by atoms with Crippen molar-refractivity contribution in [3.8, 4) is 0 Å². The molecule has 2 unspecified atom stereocenters. The van der Waals surface area contributed by atoms with Crippen LogP contribution < -0.4 is 69.1 Å². The second-order valence-corrected chi connectivity index (χ2v) is 15.1. The molecule has 0 aromatic heterocycles. The number of amides is 2. The quantitative estimate of drug-likeness (QED) is 0.115. The summed E-state index contributed by atoms with van der Waals surface area (Å²) in [5, 5.41) is 27.7. The maximum atomic E-state index is 13.1. The fourth-order valence-corrected chi connectivity index (χ4v) is 6.72. The van der Waals surface area contributed by atoms with Gasteiger partial charge in [0.2, 0.25) is 0 Å². The summed E-state index contributed by atoms with van der Waals surface area (Å²) in [4.78, 5) is 25.4. The summed E-state index contributed by atoms with van der Waals surface area (Å²) in [5.74, 6) is -0.933. The number of anilines is 2. The van der Waals surface area contributed by atoms with Gasteiger partial charge in [-0.25, -0.2) is 16.8 Å². The first-order valence-electron chi connectivity index (χ1n) is 15.9. The number of aryl methyl sites for hydroxylation is 2. The van der Waals surface area contributed by atoms with Crippen LogP contribution in [0.3, 0.4) is 0 Å². The Labute approximate surface area is 361 Å². The van der Waals surface area contributed by atoms with Crippen molar-refractivity contribution >= 4 is 66.2 Å². The third kappa shape index (κ3) is 9.95. The average molecular weight is 801 g/mol. The van der Waals surface area contributed by atoms with E-state index < -0.39 is 53.9 Å². The number of hydrogen-bond donors (Lipinski definition) is 0. The number of hydrogen-bond acceptors (Lipinski definition) is 14. The third-order valence-electron chi connectivity index (χ3n) is 8.42. The van der Waals surface area contributed by atoms with Crippen LogP contribution in [0.4, 0.5) is 22.7 Å². The summed E-state index contributed by atoms with van der Waals surface area (Å²) in [6.07, 6.45) is 0.593. The van der Waals surface area contributed by atoms with Gasteiger partial charge in [0.25, 0.3) is 11.8 Å². The third-order valence-corrected chi connectivity index (χ3v) is 10.1. The normalized spacial score (nSPS) is 17.4. The maximum absolute atomic E-state index is 13.1. The SMILES string of the molecule is CC1=NN(c2ccc(S(=O)(=O)[O-])cc2C)C(=O)C1N=Nc1ccc(Cc2ccc(N=NC3C(=O)N(c4ccc(S(=O)(=O)[O-])cc4C)N=C3C)cc2)cc1.[Na+].[Na+]. The van der Waals surface area contributed by atoms with Crippen molar-refractivity contribution in [2.45, 2.75) is 56.0 Å². The first-order valence-corrected chi connectivity index (χ1v) is 18.7. The topological polar surface area (TPSA) is 229 Å². The number of benzene rings is 4. The van der Waals surface area contributed by atoms with E-state index in [-0.39, 0.29) is 59.1 Å². The predicted octanol–water partition coefficient (Wildman–Crippen LogP) is -0.540. The van der Waals surface area contributed by atoms with Gasteiger partial charge in [-0.15, -0.1) is 0 Å². The minimum absolute atomic E-state index is 0. The molecule has 0 fully saturated rings. The van der Waals surface area contributed by atoms with Crippen LogP contribution in [0.2, 0.25) is 0 Å². The molecule has 0 bridgehead atoms. The fourth-order valence-electron chi connectivity index (χ4n) is 5.61. The Morgan fingerprint density at radius 3 is 1.24 bits per heavy atom. The Bertz CT molecular complexity index is 2320. The first kappa shape index (κ1) is 43.9. The molecule has 2 aliphatic heterocycles. The summed E-state index contributed by atoms with van der Waals surface area (Å²) < 4.78 is 68.1. The van der Waals surface area contributed by atoms with Crippen molar-refractivity contribution < 1.29 is 94.6 Å². The first-order chi connectivity index (χ1) is 25.0. The molecule has 2 atom stereocenters. The Kier molecular flexibility index (Phi) is 14.0. The second kappa shape index (κ2) is 17.5. The largest absolute Gasteiger partial charge is 1.00 e. The van der Waals surface area contributed by atoms with E-state index in [4.69, 9.17) is 0 Å². The Hall–Kier alpha value is -3.82. The van der Waals surface area contributed by atoms with Gasteiger partial charge in [0.05, 0.1) is 44.0 Å². The van der Waals surface area contributed by atoms with Crippen molar-refractivity contribution in [2.24, 2.45) is 30.7 Å². The van der Waals surface area contributed by atoms with Gasteiger partial charge in [-0.3, -0.25) is 9.59 Å². The number of azo groups is 2. The molecular formula is C35H30N8Na2O8S2. The van der Waals surface area contributed by atoms with Crippen molar-refractivity contribution in [3.05, 3.63) is 107 Å². The van der Waals surface area contributed by atoms with Gasteiger partial charge in [0.15, 0.2) is 12.1 Å². The number of carbonyl (C=O) groups excluding carboxylic acids is 2. The van der Waals surface area contributed by atoms with Crippen molar-refractivity contribution in [1.29, 1.82) is 0 Å². The molecule has 2 aliphatic rings. The summed E-state index contributed by atoms with van der Waals surface area (Å²) in [5.41, 5.74) is 5.25. The number of hydrazone groups is 2. The van der Waals surface area contributed by atoms with Crippen LogP contribution in [0.15, 0.2) is 125 Å². The standard InChI is InChI=1S/C35H32N8O8S2.2Na/c1-20-17-28(52(46,47)48)13-15-30(20)42-34(44)32(22(3)40-42)38-36-26-9-5-24(6-10-26)19-25-7-11-27(12-8-25)37-39-33-23(4)41-43(35(33)45)31-16-14-29(18-21(31)2)53(49,50)51;;/h5-18,32-33H,19H2,1-4H3,(H,46,47,48)(H,49,50,51);;/q;2*+1/p-2. The van der Waals surface area contributed by atoms with Gasteiger partial charge in [0.1, 0.15) is 20.2 Å². The van der Waals surface area contributed by atoms with E-state index in [2.05, 4.69) is 30.7 Å². The van der Waals surface area contributed by atoms with Gasteiger partial charge in [-0.1, -0.05) is 24.3 Å². The molecule has 6 rings (SSSR count). The van der Waals surface area contributed by atoms with Crippen LogP contribution >= 0.6 is 0 Å². The molecule has 0 N–H and O–H groups in total. The van der Waals surface area contributed by atoms with Gasteiger partial charge < -0.3 is 9.11 Å². The van der Waals surface area contributed by atoms with Crippen molar-refractivity contribution in [2.75, 3.05) is 10.0 Å². The molecule has 0 spiro atoms. The van der Waals surface area contributed by atoms with E-state index in [1.54, 1.807) is 52.0 Å². The summed E-state index contributed by atoms with van der Waals surface area (Å²) >= 11 is 0. The smallest absolute Gasteiger partial charge is 0.744 e. The van der Waals surface area contributed by atoms with E-state index in [9.17, 15) is 35.5 Å². The zero-order valence-electron chi connectivity index (χ0n) is 30.6. The molecule has 0 aliphatic carbocycles. The van der Waals surface area contributed by atoms with E-state index in [1.807, 2.05) is 24.3 Å². The Morgan fingerprint density at radius 1 is 0.582 bits per heavy atom. The molecule has 2 heterocycles. The number of nitrogens with zero attached hydrogens (tertiary/aromatic N) is 8. The Balaban J connectivity index is 0.00000336. The van der Waals surface area contributed by atoms with E-state index in [0.29, 0.717) is 51.7 Å². The summed E-state index contributed by atoms with van der Waals surface area (Å²) in [7, 11) is -9.29. The molecule has 2 amide bonds. The molecule has 4 aromatic rings. The van der Waals surface area contributed by atoms with Gasteiger partial charge in [0, 0.05) is 0 Å². The van der Waals surface area contributed by atoms with Crippen LogP contribution in [-0.2, 0) is 36.2 Å². The molecule has 272 valence electrons. The van der Waals surface area contributed by atoms with Crippen LogP contribution in [-0.4, -0.2) is 61.3 Å². The monoisotopic (exact) mass is 800 g/mol. The number of rotatable bonds is 10. The molecular weight excluding hydrogens is 771 g/mol. The van der Waals surface area contributed by atoms with Crippen LogP contribution in [0.1, 0.15) is 36.1 Å². The molecule has 4 aromatic carbocycles. The Morgan fingerprint density at radius 2 is 0.927 bits per heavy atom. The summed E-state index contributed by atoms with van der Waals surface area (Å²) in [6, 6.07) is 20.0. The predicted molar refractivity (Wildman–Crippen MR) is 192 cm³/mol. The van der Waals surface area contributed by atoms with Gasteiger partial charge in [-0.2, -0.15) is 40.7 Å². The van der Waals surface area contributed by atoms with E-state index >= 15 is 0 Å². The van der Waals surface area contributed by atoms with Crippen molar-refractivity contribution in [1.82, 2.24) is 0 Å². The molecule has 55 heavy (non-hydrogen) atoms. The van der Waals surface area contributed by atoms with Crippen molar-refractivity contribution in [3.63, 3.8) is 0 Å². The number of carbonyl (C=O) groups is 2. The molecule has 16 nitrogen and oxygen atoms in total. The van der Waals surface area contributed by atoms with Crippen LogP contribution in [0, 0.1) is 13.8 Å². The zero-order chi connectivity index (χ0) is 38.2. The van der Waals surface area contributed by atoms with Gasteiger partial charge in [-0.05, 0) is 117 Å². The average Bonchev–Trinajstić information content (AvgIpc) is 3.54. The minimum atomic E-state index is -4.64. The molecule has 0 saturated heterocycles. The van der Waals surface area contributed by atoms with Crippen LogP contribution in [0.5, 0.6) is 0 Å². The maximum Gasteiger partial charge on any atom is 1.00 e. The second-order valence-electron chi connectivity index (χ2n) is 12.3. The van der Waals surface area contributed by atoms with Crippen LogP contribution in [0.25, 0.3) is 0 Å². The fraction of sp³-hybridized carbons (Fsp3) is 0.200. The van der Waals surface area contributed by atoms with E-state index in [0.717, 1.165) is 33.3 Å². The molecule has 0 saturated carbocycles. The molecule has 20 heteroatoms. The summed E-state index contributed by atoms with van der Waals surface area (Å²) in [6.45, 7) is 6.43.